The molecule has 1 N–H and O–H groups in total. The average molecular weight is 230 g/mol. The van der Waals surface area contributed by atoms with Gasteiger partial charge >= 0.3 is 5.97 Å². The smallest absolute Gasteiger partial charge is 0.316 e. The summed E-state index contributed by atoms with van der Waals surface area (Å²) in [6.07, 6.45) is 0.819. The number of aliphatic carboxylic acids is 1. The molecule has 6 heteroatoms. The number of carboxylic acids is 1. The van der Waals surface area contributed by atoms with Gasteiger partial charge in [0, 0.05) is 17.8 Å². The minimum atomic E-state index is -1.36. The van der Waals surface area contributed by atoms with Crippen molar-refractivity contribution in [2.24, 2.45) is 7.05 Å². The molecule has 1 rings (SSSR count). The number of hydrogen-bond donors (Lipinski definition) is 1. The molecule has 1 aromatic rings. The standard InChI is InChI=1S/C9H14N2O3S/c1-3-7-4-8(11(2)10-7)5-15(14)6-9(12)13/h4H,3,5-6H2,1-2H3,(H,12,13). The lowest BCUT2D eigenvalue weighted by molar-refractivity contribution is -0.133. The fourth-order valence-corrected chi connectivity index (χ4v) is 2.21. The van der Waals surface area contributed by atoms with Crippen LogP contribution in [0.5, 0.6) is 0 Å². The number of carboxylic acid groups (broad SMARTS) is 1. The van der Waals surface area contributed by atoms with Crippen molar-refractivity contribution in [3.8, 4) is 0 Å². The second-order valence-electron chi connectivity index (χ2n) is 3.23. The summed E-state index contributed by atoms with van der Waals surface area (Å²) >= 11 is 0. The molecule has 0 spiro atoms. The predicted octanol–water partition coefficient (Wildman–Crippen LogP) is 0.316. The van der Waals surface area contributed by atoms with Crippen LogP contribution >= 0.6 is 0 Å². The highest BCUT2D eigenvalue weighted by Gasteiger charge is 2.10. The normalized spacial score (nSPS) is 12.7. The third-order valence-corrected chi connectivity index (χ3v) is 3.17. The van der Waals surface area contributed by atoms with Crippen LogP contribution < -0.4 is 0 Å². The zero-order chi connectivity index (χ0) is 11.4. The highest BCUT2D eigenvalue weighted by Crippen LogP contribution is 2.06. The maximum Gasteiger partial charge on any atom is 0.316 e. The van der Waals surface area contributed by atoms with Crippen LogP contribution in [0.15, 0.2) is 6.07 Å². The summed E-state index contributed by atoms with van der Waals surface area (Å²) in [6.45, 7) is 1.99. The molecule has 0 fully saturated rings. The quantitative estimate of drug-likeness (QED) is 0.790. The average Bonchev–Trinajstić information content (AvgIpc) is 2.46. The Morgan fingerprint density at radius 3 is 2.80 bits per heavy atom. The van der Waals surface area contributed by atoms with Crippen LogP contribution in [0, 0.1) is 0 Å². The summed E-state index contributed by atoms with van der Waals surface area (Å²) in [4.78, 5) is 10.3. The van der Waals surface area contributed by atoms with Crippen LogP contribution in [-0.2, 0) is 34.8 Å². The molecule has 0 aromatic carbocycles. The number of carbonyl (C=O) groups is 1. The number of aryl methyl sites for hydroxylation is 2. The van der Waals surface area contributed by atoms with Gasteiger partial charge in [0.05, 0.1) is 17.1 Å². The number of nitrogens with zero attached hydrogens (tertiary/aromatic N) is 2. The lowest BCUT2D eigenvalue weighted by atomic mass is 10.3. The number of aromatic nitrogens is 2. The van der Waals surface area contributed by atoms with Crippen molar-refractivity contribution in [1.29, 1.82) is 0 Å². The van der Waals surface area contributed by atoms with Crippen molar-refractivity contribution in [3.63, 3.8) is 0 Å². The van der Waals surface area contributed by atoms with Crippen LogP contribution in [-0.4, -0.2) is 30.8 Å². The van der Waals surface area contributed by atoms with Gasteiger partial charge in [-0.05, 0) is 12.5 Å². The fourth-order valence-electron chi connectivity index (χ4n) is 1.23. The number of hydrogen-bond acceptors (Lipinski definition) is 3. The van der Waals surface area contributed by atoms with Crippen LogP contribution in [0.2, 0.25) is 0 Å². The topological polar surface area (TPSA) is 72.2 Å². The maximum absolute atomic E-state index is 11.4. The molecule has 0 aliphatic heterocycles. The van der Waals surface area contributed by atoms with Gasteiger partial charge in [0.25, 0.3) is 0 Å². The fraction of sp³-hybridized carbons (Fsp3) is 0.556. The Kier molecular flexibility index (Phi) is 4.02. The Bertz CT molecular complexity index is 387. The molecule has 5 nitrogen and oxygen atoms in total. The summed E-state index contributed by atoms with van der Waals surface area (Å²) in [6, 6.07) is 1.86. The van der Waals surface area contributed by atoms with Crippen LogP contribution in [0.3, 0.4) is 0 Å². The molecule has 0 aliphatic carbocycles. The largest absolute Gasteiger partial charge is 0.481 e. The van der Waals surface area contributed by atoms with E-state index < -0.39 is 16.8 Å². The first-order chi connectivity index (χ1) is 7.02. The lowest BCUT2D eigenvalue weighted by Gasteiger charge is -1.99. The van der Waals surface area contributed by atoms with E-state index in [1.54, 1.807) is 11.7 Å². The molecule has 1 heterocycles. The van der Waals surface area contributed by atoms with E-state index in [0.29, 0.717) is 0 Å². The molecule has 15 heavy (non-hydrogen) atoms. The van der Waals surface area contributed by atoms with E-state index in [2.05, 4.69) is 5.10 Å². The molecular formula is C9H14N2O3S. The highest BCUT2D eigenvalue weighted by atomic mass is 32.2. The van der Waals surface area contributed by atoms with Crippen LogP contribution in [0.4, 0.5) is 0 Å². The summed E-state index contributed by atoms with van der Waals surface area (Å²) in [5.41, 5.74) is 1.74. The molecule has 0 amide bonds. The first-order valence-electron chi connectivity index (χ1n) is 4.61. The van der Waals surface area contributed by atoms with Crippen molar-refractivity contribution in [2.45, 2.75) is 19.1 Å². The summed E-state index contributed by atoms with van der Waals surface area (Å²) in [5.74, 6) is -1.10. The predicted molar refractivity (Wildman–Crippen MR) is 56.9 cm³/mol. The third-order valence-electron chi connectivity index (χ3n) is 1.98. The monoisotopic (exact) mass is 230 g/mol. The maximum atomic E-state index is 11.4. The van der Waals surface area contributed by atoms with E-state index in [4.69, 9.17) is 5.11 Å². The van der Waals surface area contributed by atoms with Gasteiger partial charge in [0.1, 0.15) is 5.75 Å². The number of rotatable bonds is 5. The van der Waals surface area contributed by atoms with Crippen LogP contribution in [0.25, 0.3) is 0 Å². The Labute approximate surface area is 90.6 Å². The molecule has 1 atom stereocenters. The van der Waals surface area contributed by atoms with Crippen molar-refractivity contribution in [3.05, 3.63) is 17.5 Å². The summed E-state index contributed by atoms with van der Waals surface area (Å²) in [7, 11) is 0.410. The third kappa shape index (κ3) is 3.47. The van der Waals surface area contributed by atoms with Gasteiger partial charge < -0.3 is 5.11 Å². The van der Waals surface area contributed by atoms with Gasteiger partial charge in [-0.1, -0.05) is 6.92 Å². The Hall–Kier alpha value is -1.17. The molecule has 84 valence electrons. The van der Waals surface area contributed by atoms with E-state index in [-0.39, 0.29) is 11.5 Å². The Morgan fingerprint density at radius 1 is 1.67 bits per heavy atom. The zero-order valence-electron chi connectivity index (χ0n) is 8.77. The minimum absolute atomic E-state index is 0.246. The molecule has 0 aliphatic rings. The second-order valence-corrected chi connectivity index (χ2v) is 4.68. The van der Waals surface area contributed by atoms with Crippen molar-refractivity contribution < 1.29 is 14.1 Å². The van der Waals surface area contributed by atoms with Crippen molar-refractivity contribution >= 4 is 16.8 Å². The van der Waals surface area contributed by atoms with E-state index in [1.807, 2.05) is 13.0 Å². The molecule has 0 bridgehead atoms. The highest BCUT2D eigenvalue weighted by molar-refractivity contribution is 7.84. The van der Waals surface area contributed by atoms with Crippen LogP contribution in [0.1, 0.15) is 18.3 Å². The van der Waals surface area contributed by atoms with E-state index >= 15 is 0 Å². The summed E-state index contributed by atoms with van der Waals surface area (Å²) in [5, 5.41) is 12.7. The molecule has 1 aromatic heterocycles. The summed E-state index contributed by atoms with van der Waals surface area (Å²) < 4.78 is 13.0. The second kappa shape index (κ2) is 5.06. The Morgan fingerprint density at radius 2 is 2.33 bits per heavy atom. The van der Waals surface area contributed by atoms with Gasteiger partial charge in [-0.25, -0.2) is 0 Å². The molecule has 0 saturated carbocycles. The zero-order valence-corrected chi connectivity index (χ0v) is 9.58. The lowest BCUT2D eigenvalue weighted by Crippen LogP contribution is -2.12. The molecule has 0 saturated heterocycles. The first kappa shape index (κ1) is 11.9. The van der Waals surface area contributed by atoms with E-state index in [0.717, 1.165) is 17.8 Å². The molecule has 0 radical (unpaired) electrons. The van der Waals surface area contributed by atoms with Gasteiger partial charge in [0.2, 0.25) is 0 Å². The van der Waals surface area contributed by atoms with E-state index in [9.17, 15) is 9.00 Å². The van der Waals surface area contributed by atoms with Gasteiger partial charge in [0.15, 0.2) is 0 Å². The molecular weight excluding hydrogens is 216 g/mol. The van der Waals surface area contributed by atoms with Gasteiger partial charge in [-0.2, -0.15) is 5.10 Å². The molecule has 1 unspecified atom stereocenters. The Balaban J connectivity index is 2.67. The minimum Gasteiger partial charge on any atom is -0.481 e. The van der Waals surface area contributed by atoms with Crippen molar-refractivity contribution in [1.82, 2.24) is 9.78 Å². The first-order valence-corrected chi connectivity index (χ1v) is 6.10. The van der Waals surface area contributed by atoms with Crippen molar-refractivity contribution in [2.75, 3.05) is 5.75 Å². The van der Waals surface area contributed by atoms with E-state index in [1.165, 1.54) is 0 Å². The van der Waals surface area contributed by atoms with Gasteiger partial charge in [-0.15, -0.1) is 0 Å². The SMILES string of the molecule is CCc1cc(CS(=O)CC(=O)O)n(C)n1. The van der Waals surface area contributed by atoms with Gasteiger partial charge in [-0.3, -0.25) is 13.7 Å².